The van der Waals surface area contributed by atoms with E-state index in [9.17, 15) is 14.9 Å². The summed E-state index contributed by atoms with van der Waals surface area (Å²) in [7, 11) is 0. The van der Waals surface area contributed by atoms with Gasteiger partial charge < -0.3 is 5.32 Å². The number of carbonyl (C=O) groups excluding carboxylic acids is 1. The molecule has 0 saturated carbocycles. The third kappa shape index (κ3) is 4.10. The number of carbonyl (C=O) groups is 1. The number of anilines is 1. The van der Waals surface area contributed by atoms with Crippen LogP contribution in [0.25, 0.3) is 10.8 Å². The molecule has 7 heteroatoms. The number of hydrogen-bond donors (Lipinski definition) is 1. The van der Waals surface area contributed by atoms with Gasteiger partial charge in [0.15, 0.2) is 0 Å². The van der Waals surface area contributed by atoms with Crippen molar-refractivity contribution in [2.24, 2.45) is 0 Å². The van der Waals surface area contributed by atoms with Gasteiger partial charge in [-0.1, -0.05) is 48.0 Å². The molecule has 0 fully saturated rings. The first-order valence-corrected chi connectivity index (χ1v) is 8.75. The van der Waals surface area contributed by atoms with E-state index < -0.39 is 4.92 Å². The Labute approximate surface area is 153 Å². The zero-order valence-corrected chi connectivity index (χ0v) is 14.5. The maximum atomic E-state index is 12.2. The van der Waals surface area contributed by atoms with Crippen molar-refractivity contribution in [2.75, 3.05) is 11.1 Å². The maximum absolute atomic E-state index is 12.2. The van der Waals surface area contributed by atoms with E-state index in [4.69, 9.17) is 11.6 Å². The van der Waals surface area contributed by atoms with Gasteiger partial charge >= 0.3 is 0 Å². The second kappa shape index (κ2) is 7.55. The lowest BCUT2D eigenvalue weighted by molar-refractivity contribution is -0.384. The molecule has 0 radical (unpaired) electrons. The summed E-state index contributed by atoms with van der Waals surface area (Å²) in [5.74, 6) is -0.104. The Hall–Kier alpha value is -2.57. The SMILES string of the molecule is O=C(CSc1cccc2ccccc12)Nc1cc([N+](=O)[O-])ccc1Cl. The Balaban J connectivity index is 1.71. The Morgan fingerprint density at radius 2 is 1.88 bits per heavy atom. The minimum Gasteiger partial charge on any atom is -0.324 e. The molecule has 126 valence electrons. The molecule has 25 heavy (non-hydrogen) atoms. The topological polar surface area (TPSA) is 72.2 Å². The number of nitrogens with zero attached hydrogens (tertiary/aromatic N) is 1. The van der Waals surface area contributed by atoms with E-state index in [2.05, 4.69) is 5.32 Å². The minimum absolute atomic E-state index is 0.124. The van der Waals surface area contributed by atoms with Gasteiger partial charge in [0.05, 0.1) is 21.4 Å². The van der Waals surface area contributed by atoms with Crippen LogP contribution in [0.1, 0.15) is 0 Å². The van der Waals surface area contributed by atoms with Crippen LogP contribution in [0.15, 0.2) is 65.6 Å². The van der Waals surface area contributed by atoms with Crippen molar-refractivity contribution in [1.29, 1.82) is 0 Å². The Kier molecular flexibility index (Phi) is 5.21. The van der Waals surface area contributed by atoms with Crippen molar-refractivity contribution in [2.45, 2.75) is 4.90 Å². The molecule has 0 aliphatic heterocycles. The average Bonchev–Trinajstić information content (AvgIpc) is 2.61. The molecule has 0 spiro atoms. The zero-order chi connectivity index (χ0) is 17.8. The molecule has 0 atom stereocenters. The molecule has 0 unspecified atom stereocenters. The van der Waals surface area contributed by atoms with Crippen LogP contribution in [0.4, 0.5) is 11.4 Å². The first-order chi connectivity index (χ1) is 12.0. The number of nitro benzene ring substituents is 1. The average molecular weight is 373 g/mol. The van der Waals surface area contributed by atoms with Gasteiger partial charge in [-0.25, -0.2) is 0 Å². The summed E-state index contributed by atoms with van der Waals surface area (Å²) in [6, 6.07) is 17.8. The summed E-state index contributed by atoms with van der Waals surface area (Å²) >= 11 is 7.40. The van der Waals surface area contributed by atoms with E-state index in [-0.39, 0.29) is 28.1 Å². The largest absolute Gasteiger partial charge is 0.324 e. The highest BCUT2D eigenvalue weighted by Gasteiger charge is 2.12. The van der Waals surface area contributed by atoms with Crippen molar-refractivity contribution in [3.63, 3.8) is 0 Å². The van der Waals surface area contributed by atoms with Gasteiger partial charge in [0.2, 0.25) is 5.91 Å². The van der Waals surface area contributed by atoms with Crippen LogP contribution >= 0.6 is 23.4 Å². The van der Waals surface area contributed by atoms with Crippen molar-refractivity contribution >= 4 is 51.4 Å². The highest BCUT2D eigenvalue weighted by Crippen LogP contribution is 2.29. The molecule has 3 rings (SSSR count). The summed E-state index contributed by atoms with van der Waals surface area (Å²) in [6.07, 6.45) is 0. The molecule has 0 heterocycles. The van der Waals surface area contributed by atoms with Crippen LogP contribution in [0.3, 0.4) is 0 Å². The monoisotopic (exact) mass is 372 g/mol. The standard InChI is InChI=1S/C18H13ClN2O3S/c19-15-9-8-13(21(23)24)10-16(15)20-18(22)11-25-17-7-3-5-12-4-1-2-6-14(12)17/h1-10H,11H2,(H,20,22). The van der Waals surface area contributed by atoms with Crippen LogP contribution < -0.4 is 5.32 Å². The summed E-state index contributed by atoms with van der Waals surface area (Å²) < 4.78 is 0. The first kappa shape index (κ1) is 17.3. The first-order valence-electron chi connectivity index (χ1n) is 7.39. The Morgan fingerprint density at radius 1 is 1.12 bits per heavy atom. The normalized spacial score (nSPS) is 10.6. The van der Waals surface area contributed by atoms with E-state index in [0.717, 1.165) is 15.7 Å². The summed E-state index contributed by atoms with van der Waals surface area (Å²) in [4.78, 5) is 23.5. The number of nitro groups is 1. The molecule has 0 saturated heterocycles. The summed E-state index contributed by atoms with van der Waals surface area (Å²) in [5, 5.41) is 15.9. The van der Waals surface area contributed by atoms with Gasteiger partial charge in [0.25, 0.3) is 5.69 Å². The number of non-ortho nitro benzene ring substituents is 1. The number of thioether (sulfide) groups is 1. The Morgan fingerprint density at radius 3 is 2.68 bits per heavy atom. The summed E-state index contributed by atoms with van der Waals surface area (Å²) in [6.45, 7) is 0. The number of benzene rings is 3. The molecule has 0 aliphatic carbocycles. The highest BCUT2D eigenvalue weighted by molar-refractivity contribution is 8.00. The predicted octanol–water partition coefficient (Wildman–Crippen LogP) is 5.13. The van der Waals surface area contributed by atoms with Gasteiger partial charge in [-0.2, -0.15) is 0 Å². The van der Waals surface area contributed by atoms with Gasteiger partial charge in [0, 0.05) is 17.0 Å². The molecule has 3 aromatic carbocycles. The second-order valence-corrected chi connectivity index (χ2v) is 6.66. The highest BCUT2D eigenvalue weighted by atomic mass is 35.5. The molecule has 1 N–H and O–H groups in total. The third-order valence-corrected chi connectivity index (χ3v) is 4.95. The Bertz CT molecular complexity index is 957. The fourth-order valence-corrected chi connectivity index (χ4v) is 3.41. The van der Waals surface area contributed by atoms with Crippen molar-refractivity contribution in [3.8, 4) is 0 Å². The minimum atomic E-state index is -0.531. The molecular formula is C18H13ClN2O3S. The van der Waals surface area contributed by atoms with Gasteiger partial charge in [-0.05, 0) is 22.9 Å². The fraction of sp³-hybridized carbons (Fsp3) is 0.0556. The van der Waals surface area contributed by atoms with E-state index in [1.165, 1.54) is 30.0 Å². The number of rotatable bonds is 5. The van der Waals surface area contributed by atoms with Gasteiger partial charge in [-0.3, -0.25) is 14.9 Å². The lowest BCUT2D eigenvalue weighted by Crippen LogP contribution is -2.14. The van der Waals surface area contributed by atoms with E-state index in [0.29, 0.717) is 0 Å². The molecule has 1 amide bonds. The lowest BCUT2D eigenvalue weighted by Gasteiger charge is -2.08. The molecule has 5 nitrogen and oxygen atoms in total. The predicted molar refractivity (Wildman–Crippen MR) is 101 cm³/mol. The molecule has 3 aromatic rings. The van der Waals surface area contributed by atoms with Crippen LogP contribution in [0, 0.1) is 10.1 Å². The lowest BCUT2D eigenvalue weighted by atomic mass is 10.1. The van der Waals surface area contributed by atoms with Crippen LogP contribution in [0.5, 0.6) is 0 Å². The van der Waals surface area contributed by atoms with Crippen LogP contribution in [0.2, 0.25) is 5.02 Å². The number of fused-ring (bicyclic) bond motifs is 1. The zero-order valence-electron chi connectivity index (χ0n) is 12.9. The molecular weight excluding hydrogens is 360 g/mol. The molecule has 0 aliphatic rings. The van der Waals surface area contributed by atoms with E-state index in [1.54, 1.807) is 0 Å². The van der Waals surface area contributed by atoms with Crippen LogP contribution in [-0.4, -0.2) is 16.6 Å². The third-order valence-electron chi connectivity index (χ3n) is 3.54. The van der Waals surface area contributed by atoms with Crippen molar-refractivity contribution in [3.05, 3.63) is 75.8 Å². The quantitative estimate of drug-likeness (QED) is 0.382. The van der Waals surface area contributed by atoms with E-state index in [1.807, 2.05) is 42.5 Å². The number of halogens is 1. The summed E-state index contributed by atoms with van der Waals surface area (Å²) in [5.41, 5.74) is 0.112. The molecule has 0 bridgehead atoms. The van der Waals surface area contributed by atoms with Gasteiger partial charge in [0.1, 0.15) is 0 Å². The maximum Gasteiger partial charge on any atom is 0.271 e. The van der Waals surface area contributed by atoms with Crippen molar-refractivity contribution in [1.82, 2.24) is 0 Å². The fourth-order valence-electron chi connectivity index (χ4n) is 2.37. The van der Waals surface area contributed by atoms with E-state index >= 15 is 0 Å². The number of nitrogens with one attached hydrogen (secondary N) is 1. The van der Waals surface area contributed by atoms with Gasteiger partial charge in [-0.15, -0.1) is 11.8 Å². The molecule has 0 aromatic heterocycles. The van der Waals surface area contributed by atoms with Crippen LogP contribution in [-0.2, 0) is 4.79 Å². The smallest absolute Gasteiger partial charge is 0.271 e. The number of hydrogen-bond acceptors (Lipinski definition) is 4. The second-order valence-electron chi connectivity index (χ2n) is 5.24. The van der Waals surface area contributed by atoms with Crippen molar-refractivity contribution < 1.29 is 9.72 Å². The number of amides is 1.